The Hall–Kier alpha value is -2.35. The summed E-state index contributed by atoms with van der Waals surface area (Å²) < 4.78 is 10.8. The van der Waals surface area contributed by atoms with Gasteiger partial charge in [0.2, 0.25) is 0 Å². The molecule has 0 saturated carbocycles. The van der Waals surface area contributed by atoms with Gasteiger partial charge in [-0.3, -0.25) is 13.9 Å². The van der Waals surface area contributed by atoms with Gasteiger partial charge in [-0.25, -0.2) is 9.78 Å². The van der Waals surface area contributed by atoms with Gasteiger partial charge in [0.1, 0.15) is 12.4 Å². The van der Waals surface area contributed by atoms with E-state index in [1.165, 1.54) is 11.6 Å². The summed E-state index contributed by atoms with van der Waals surface area (Å²) in [5.41, 5.74) is 0.0224. The first kappa shape index (κ1) is 15.5. The van der Waals surface area contributed by atoms with Gasteiger partial charge in [-0.15, -0.1) is 0 Å². The monoisotopic (exact) mass is 378 g/mol. The Morgan fingerprint density at radius 3 is 2.74 bits per heavy atom. The summed E-state index contributed by atoms with van der Waals surface area (Å²) >= 11 is 3.39. The molecule has 0 bridgehead atoms. The lowest BCUT2D eigenvalue weighted by Crippen LogP contribution is -2.37. The minimum Gasteiger partial charge on any atom is -0.492 e. The molecule has 0 aliphatic carbocycles. The number of nitrogens with zero attached hydrogens (tertiary/aromatic N) is 4. The number of aromatic nitrogens is 4. The zero-order chi connectivity index (χ0) is 16.6. The van der Waals surface area contributed by atoms with E-state index < -0.39 is 5.69 Å². The number of rotatable bonds is 4. The number of benzene rings is 1. The van der Waals surface area contributed by atoms with E-state index in [2.05, 4.69) is 20.9 Å². The van der Waals surface area contributed by atoms with Crippen molar-refractivity contribution in [2.24, 2.45) is 14.1 Å². The van der Waals surface area contributed by atoms with Gasteiger partial charge >= 0.3 is 5.69 Å². The molecule has 0 saturated heterocycles. The van der Waals surface area contributed by atoms with Crippen LogP contribution in [0.2, 0.25) is 0 Å². The summed E-state index contributed by atoms with van der Waals surface area (Å²) in [5.74, 6) is 0.740. The first-order valence-electron chi connectivity index (χ1n) is 6.98. The van der Waals surface area contributed by atoms with Crippen molar-refractivity contribution >= 4 is 27.1 Å². The highest BCUT2D eigenvalue weighted by atomic mass is 79.9. The van der Waals surface area contributed by atoms with E-state index in [0.29, 0.717) is 24.3 Å². The third-order valence-electron chi connectivity index (χ3n) is 3.61. The molecular weight excluding hydrogens is 364 g/mol. The van der Waals surface area contributed by atoms with Crippen molar-refractivity contribution in [1.29, 1.82) is 0 Å². The van der Waals surface area contributed by atoms with Crippen LogP contribution in [0.1, 0.15) is 0 Å². The zero-order valence-electron chi connectivity index (χ0n) is 12.7. The molecule has 0 N–H and O–H groups in total. The highest BCUT2D eigenvalue weighted by Gasteiger charge is 2.13. The minimum atomic E-state index is -0.391. The number of ether oxygens (including phenoxy) is 1. The Balaban J connectivity index is 1.87. The average molecular weight is 379 g/mol. The molecule has 120 valence electrons. The zero-order valence-corrected chi connectivity index (χ0v) is 14.3. The minimum absolute atomic E-state index is 0.358. The van der Waals surface area contributed by atoms with Gasteiger partial charge in [0.05, 0.1) is 12.9 Å². The van der Waals surface area contributed by atoms with Crippen LogP contribution in [0.3, 0.4) is 0 Å². The Kier molecular flexibility index (Phi) is 4.08. The lowest BCUT2D eigenvalue weighted by Gasteiger charge is -2.08. The number of hydrogen-bond donors (Lipinski definition) is 0. The fourth-order valence-corrected chi connectivity index (χ4v) is 2.76. The number of imidazole rings is 1. The van der Waals surface area contributed by atoms with Gasteiger partial charge < -0.3 is 9.30 Å². The third-order valence-corrected chi connectivity index (χ3v) is 4.11. The Morgan fingerprint density at radius 2 is 2.00 bits per heavy atom. The summed E-state index contributed by atoms with van der Waals surface area (Å²) in [6, 6.07) is 7.53. The maximum absolute atomic E-state index is 12.3. The van der Waals surface area contributed by atoms with Gasteiger partial charge in [0.15, 0.2) is 11.2 Å². The number of fused-ring (bicyclic) bond motifs is 1. The predicted octanol–water partition coefficient (Wildman–Crippen LogP) is 1.28. The molecule has 0 amide bonds. The van der Waals surface area contributed by atoms with Gasteiger partial charge in [-0.1, -0.05) is 22.0 Å². The second-order valence-corrected chi connectivity index (χ2v) is 6.04. The molecule has 0 atom stereocenters. The molecule has 0 aliphatic heterocycles. The first-order chi connectivity index (χ1) is 11.0. The fraction of sp³-hybridized carbons (Fsp3) is 0.267. The van der Waals surface area contributed by atoms with E-state index >= 15 is 0 Å². The molecule has 2 aromatic heterocycles. The van der Waals surface area contributed by atoms with Crippen LogP contribution < -0.4 is 16.0 Å². The highest BCUT2D eigenvalue weighted by molar-refractivity contribution is 9.10. The predicted molar refractivity (Wildman–Crippen MR) is 89.9 cm³/mol. The van der Waals surface area contributed by atoms with Crippen LogP contribution >= 0.6 is 15.9 Å². The summed E-state index contributed by atoms with van der Waals surface area (Å²) in [6.07, 6.45) is 1.55. The Morgan fingerprint density at radius 1 is 1.22 bits per heavy atom. The molecular formula is C15H15BrN4O3. The molecule has 0 aliphatic rings. The SMILES string of the molecule is Cn1c(=O)c2c(ncn2CCOc2cccc(Br)c2)n(C)c1=O. The van der Waals surface area contributed by atoms with Gasteiger partial charge in [0.25, 0.3) is 5.56 Å². The number of halogens is 1. The molecule has 0 fully saturated rings. The molecule has 0 unspecified atom stereocenters. The maximum Gasteiger partial charge on any atom is 0.332 e. The van der Waals surface area contributed by atoms with Crippen LogP contribution in [-0.2, 0) is 20.6 Å². The van der Waals surface area contributed by atoms with Gasteiger partial charge in [-0.2, -0.15) is 0 Å². The first-order valence-corrected chi connectivity index (χ1v) is 7.77. The van der Waals surface area contributed by atoms with Crippen molar-refractivity contribution in [3.63, 3.8) is 0 Å². The van der Waals surface area contributed by atoms with Crippen molar-refractivity contribution in [1.82, 2.24) is 18.7 Å². The van der Waals surface area contributed by atoms with Crippen molar-refractivity contribution in [2.75, 3.05) is 6.61 Å². The van der Waals surface area contributed by atoms with E-state index in [-0.39, 0.29) is 5.56 Å². The van der Waals surface area contributed by atoms with E-state index in [0.717, 1.165) is 14.8 Å². The van der Waals surface area contributed by atoms with Crippen LogP contribution in [0.4, 0.5) is 0 Å². The van der Waals surface area contributed by atoms with E-state index in [9.17, 15) is 9.59 Å². The quantitative estimate of drug-likeness (QED) is 0.685. The summed E-state index contributed by atoms with van der Waals surface area (Å²) in [5, 5.41) is 0. The second kappa shape index (κ2) is 6.04. The Bertz CT molecular complexity index is 987. The van der Waals surface area contributed by atoms with E-state index in [4.69, 9.17) is 4.74 Å². The number of hydrogen-bond acceptors (Lipinski definition) is 4. The topological polar surface area (TPSA) is 71.0 Å². The smallest absolute Gasteiger partial charge is 0.332 e. The molecule has 2 heterocycles. The third kappa shape index (κ3) is 2.81. The van der Waals surface area contributed by atoms with Crippen molar-refractivity contribution in [2.45, 2.75) is 6.54 Å². The Labute approximate surface area is 139 Å². The lowest BCUT2D eigenvalue weighted by atomic mass is 10.3. The molecule has 0 radical (unpaired) electrons. The standard InChI is InChI=1S/C15H15BrN4O3/c1-18-13-12(14(21)19(2)15(18)22)20(9-17-13)6-7-23-11-5-3-4-10(16)8-11/h3-5,8-9H,6-7H2,1-2H3. The van der Waals surface area contributed by atoms with Crippen LogP contribution in [0.15, 0.2) is 44.7 Å². The van der Waals surface area contributed by atoms with Crippen LogP contribution in [-0.4, -0.2) is 25.3 Å². The highest BCUT2D eigenvalue weighted by Crippen LogP contribution is 2.17. The molecule has 0 spiro atoms. The van der Waals surface area contributed by atoms with Crippen LogP contribution in [0.5, 0.6) is 5.75 Å². The fourth-order valence-electron chi connectivity index (χ4n) is 2.39. The molecule has 3 aromatic rings. The van der Waals surface area contributed by atoms with E-state index in [1.807, 2.05) is 24.3 Å². The van der Waals surface area contributed by atoms with E-state index in [1.54, 1.807) is 17.9 Å². The van der Waals surface area contributed by atoms with Crippen molar-refractivity contribution < 1.29 is 4.74 Å². The lowest BCUT2D eigenvalue weighted by molar-refractivity contribution is 0.300. The molecule has 23 heavy (non-hydrogen) atoms. The molecule has 1 aromatic carbocycles. The normalized spacial score (nSPS) is 11.1. The summed E-state index contributed by atoms with van der Waals surface area (Å²) in [6.45, 7) is 0.838. The number of aryl methyl sites for hydroxylation is 1. The molecule has 3 rings (SSSR count). The summed E-state index contributed by atoms with van der Waals surface area (Å²) in [7, 11) is 3.05. The van der Waals surface area contributed by atoms with Crippen molar-refractivity contribution in [3.8, 4) is 5.75 Å². The van der Waals surface area contributed by atoms with Crippen LogP contribution in [0, 0.1) is 0 Å². The molecule has 7 nitrogen and oxygen atoms in total. The molecule has 8 heteroatoms. The average Bonchev–Trinajstić information content (AvgIpc) is 2.95. The van der Waals surface area contributed by atoms with Gasteiger partial charge in [-0.05, 0) is 18.2 Å². The maximum atomic E-state index is 12.3. The van der Waals surface area contributed by atoms with Gasteiger partial charge in [0, 0.05) is 18.6 Å². The van der Waals surface area contributed by atoms with Crippen molar-refractivity contribution in [3.05, 3.63) is 55.9 Å². The summed E-state index contributed by atoms with van der Waals surface area (Å²) in [4.78, 5) is 28.4. The van der Waals surface area contributed by atoms with Crippen LogP contribution in [0.25, 0.3) is 11.2 Å². The largest absolute Gasteiger partial charge is 0.492 e. The second-order valence-electron chi connectivity index (χ2n) is 5.12.